The number of aliphatic hydroxyl groups is 1. The van der Waals surface area contributed by atoms with Crippen molar-refractivity contribution in [1.82, 2.24) is 10.2 Å². The summed E-state index contributed by atoms with van der Waals surface area (Å²) in [7, 11) is 0. The third-order valence-corrected chi connectivity index (χ3v) is 4.06. The number of benzene rings is 1. The van der Waals surface area contributed by atoms with Gasteiger partial charge in [0, 0.05) is 32.6 Å². The van der Waals surface area contributed by atoms with Crippen molar-refractivity contribution in [3.8, 4) is 0 Å². The first-order valence-electron chi connectivity index (χ1n) is 8.29. The van der Waals surface area contributed by atoms with Gasteiger partial charge in [-0.2, -0.15) is 0 Å². The molecule has 0 aromatic heterocycles. The van der Waals surface area contributed by atoms with Crippen molar-refractivity contribution in [1.29, 1.82) is 0 Å². The second kappa shape index (κ2) is 8.43. The van der Waals surface area contributed by atoms with Gasteiger partial charge in [0.05, 0.1) is 18.8 Å². The van der Waals surface area contributed by atoms with Crippen LogP contribution < -0.4 is 5.32 Å². The van der Waals surface area contributed by atoms with E-state index in [1.807, 2.05) is 25.1 Å². The number of nitrogens with one attached hydrogen (secondary N) is 1. The van der Waals surface area contributed by atoms with Crippen LogP contribution in [0.1, 0.15) is 24.5 Å². The number of hydrogen-bond donors (Lipinski definition) is 2. The highest BCUT2D eigenvalue weighted by atomic mass is 16.5. The number of morpholine rings is 1. The number of ether oxygens (including phenoxy) is 1. The SMILES string of the molecule is Cc1cccc(CCC(=O)NCC(C)(O)CN2CCOCC2)c1. The summed E-state index contributed by atoms with van der Waals surface area (Å²) in [4.78, 5) is 14.2. The van der Waals surface area contributed by atoms with Gasteiger partial charge in [-0.05, 0) is 25.8 Å². The maximum atomic E-state index is 12.0. The number of amides is 1. The lowest BCUT2D eigenvalue weighted by Crippen LogP contribution is -2.51. The van der Waals surface area contributed by atoms with E-state index < -0.39 is 5.60 Å². The van der Waals surface area contributed by atoms with E-state index in [1.165, 1.54) is 11.1 Å². The van der Waals surface area contributed by atoms with Gasteiger partial charge in [0.25, 0.3) is 0 Å². The summed E-state index contributed by atoms with van der Waals surface area (Å²) in [5.41, 5.74) is 1.45. The maximum absolute atomic E-state index is 12.0. The van der Waals surface area contributed by atoms with E-state index in [0.29, 0.717) is 26.2 Å². The fraction of sp³-hybridized carbons (Fsp3) is 0.611. The van der Waals surface area contributed by atoms with Crippen LogP contribution in [0.25, 0.3) is 0 Å². The molecule has 1 amide bonds. The van der Waals surface area contributed by atoms with Gasteiger partial charge < -0.3 is 15.2 Å². The quantitative estimate of drug-likeness (QED) is 0.790. The van der Waals surface area contributed by atoms with Crippen molar-refractivity contribution in [2.24, 2.45) is 0 Å². The third kappa shape index (κ3) is 6.69. The Morgan fingerprint density at radius 2 is 2.13 bits per heavy atom. The lowest BCUT2D eigenvalue weighted by atomic mass is 10.1. The molecule has 5 nitrogen and oxygen atoms in total. The molecule has 1 unspecified atom stereocenters. The van der Waals surface area contributed by atoms with E-state index in [4.69, 9.17) is 4.74 Å². The van der Waals surface area contributed by atoms with Gasteiger partial charge >= 0.3 is 0 Å². The Hall–Kier alpha value is -1.43. The molecule has 1 aromatic rings. The van der Waals surface area contributed by atoms with Crippen LogP contribution in [0.4, 0.5) is 0 Å². The molecule has 1 saturated heterocycles. The minimum Gasteiger partial charge on any atom is -0.387 e. The Morgan fingerprint density at radius 1 is 1.39 bits per heavy atom. The molecule has 1 aliphatic heterocycles. The van der Waals surface area contributed by atoms with Gasteiger partial charge in [-0.3, -0.25) is 9.69 Å². The second-order valence-electron chi connectivity index (χ2n) is 6.65. The zero-order chi connectivity index (χ0) is 16.7. The minimum atomic E-state index is -0.920. The molecule has 23 heavy (non-hydrogen) atoms. The van der Waals surface area contributed by atoms with Crippen LogP contribution in [-0.2, 0) is 16.0 Å². The number of carbonyl (C=O) groups is 1. The van der Waals surface area contributed by atoms with Crippen molar-refractivity contribution < 1.29 is 14.6 Å². The Kier molecular flexibility index (Phi) is 6.57. The van der Waals surface area contributed by atoms with Gasteiger partial charge in [-0.25, -0.2) is 0 Å². The fourth-order valence-corrected chi connectivity index (χ4v) is 2.80. The van der Waals surface area contributed by atoms with Crippen LogP contribution in [-0.4, -0.2) is 60.9 Å². The number of carbonyl (C=O) groups excluding carboxylic acids is 1. The van der Waals surface area contributed by atoms with Crippen molar-refractivity contribution in [3.63, 3.8) is 0 Å². The summed E-state index contributed by atoms with van der Waals surface area (Å²) in [5.74, 6) is -0.0197. The monoisotopic (exact) mass is 320 g/mol. The summed E-state index contributed by atoms with van der Waals surface area (Å²) in [6.45, 7) is 7.72. The van der Waals surface area contributed by atoms with E-state index in [1.54, 1.807) is 6.92 Å². The van der Waals surface area contributed by atoms with E-state index in [0.717, 1.165) is 19.5 Å². The molecule has 0 aliphatic carbocycles. The van der Waals surface area contributed by atoms with Gasteiger partial charge in [-0.15, -0.1) is 0 Å². The maximum Gasteiger partial charge on any atom is 0.220 e. The molecule has 1 heterocycles. The van der Waals surface area contributed by atoms with Gasteiger partial charge in [0.1, 0.15) is 0 Å². The lowest BCUT2D eigenvalue weighted by molar-refractivity contribution is -0.122. The highest BCUT2D eigenvalue weighted by molar-refractivity contribution is 5.76. The number of β-amino-alcohol motifs (C(OH)–C–C–N with tert-alkyl or cyclic N) is 1. The van der Waals surface area contributed by atoms with Crippen molar-refractivity contribution in [3.05, 3.63) is 35.4 Å². The van der Waals surface area contributed by atoms with E-state index in [2.05, 4.69) is 16.3 Å². The van der Waals surface area contributed by atoms with Gasteiger partial charge in [-0.1, -0.05) is 29.8 Å². The Balaban J connectivity index is 1.70. The topological polar surface area (TPSA) is 61.8 Å². The second-order valence-corrected chi connectivity index (χ2v) is 6.65. The zero-order valence-corrected chi connectivity index (χ0v) is 14.2. The van der Waals surface area contributed by atoms with Crippen LogP contribution in [0.5, 0.6) is 0 Å². The smallest absolute Gasteiger partial charge is 0.220 e. The molecular formula is C18H28N2O3. The molecule has 128 valence electrons. The lowest BCUT2D eigenvalue weighted by Gasteiger charge is -2.33. The predicted molar refractivity (Wildman–Crippen MR) is 90.4 cm³/mol. The Bertz CT molecular complexity index is 511. The van der Waals surface area contributed by atoms with Gasteiger partial charge in [0.15, 0.2) is 0 Å². The molecule has 1 aromatic carbocycles. The molecule has 1 aliphatic rings. The molecule has 0 spiro atoms. The number of nitrogens with zero attached hydrogens (tertiary/aromatic N) is 1. The first-order valence-corrected chi connectivity index (χ1v) is 8.29. The van der Waals surface area contributed by atoms with Crippen molar-refractivity contribution in [2.45, 2.75) is 32.3 Å². The molecule has 2 N–H and O–H groups in total. The summed E-state index contributed by atoms with van der Waals surface area (Å²) in [6.07, 6.45) is 1.16. The molecular weight excluding hydrogens is 292 g/mol. The van der Waals surface area contributed by atoms with Crippen LogP contribution in [0, 0.1) is 6.92 Å². The molecule has 2 rings (SSSR count). The van der Waals surface area contributed by atoms with E-state index in [9.17, 15) is 9.90 Å². The van der Waals surface area contributed by atoms with Crippen molar-refractivity contribution >= 4 is 5.91 Å². The summed E-state index contributed by atoms with van der Waals surface area (Å²) < 4.78 is 5.30. The highest BCUT2D eigenvalue weighted by Crippen LogP contribution is 2.09. The van der Waals surface area contributed by atoms with Crippen LogP contribution in [0.15, 0.2) is 24.3 Å². The number of hydrogen-bond acceptors (Lipinski definition) is 4. The molecule has 0 bridgehead atoms. The van der Waals surface area contributed by atoms with Crippen molar-refractivity contribution in [2.75, 3.05) is 39.4 Å². The average molecular weight is 320 g/mol. The van der Waals surface area contributed by atoms with Crippen LogP contribution >= 0.6 is 0 Å². The number of rotatable bonds is 7. The minimum absolute atomic E-state index is 0.0197. The highest BCUT2D eigenvalue weighted by Gasteiger charge is 2.25. The van der Waals surface area contributed by atoms with Gasteiger partial charge in [0.2, 0.25) is 5.91 Å². The normalized spacial score (nSPS) is 18.4. The summed E-state index contributed by atoms with van der Waals surface area (Å²) >= 11 is 0. The Morgan fingerprint density at radius 3 is 2.83 bits per heavy atom. The molecule has 5 heteroatoms. The largest absolute Gasteiger partial charge is 0.387 e. The third-order valence-electron chi connectivity index (χ3n) is 4.06. The van der Waals surface area contributed by atoms with Crippen LogP contribution in [0.3, 0.4) is 0 Å². The summed E-state index contributed by atoms with van der Waals surface area (Å²) in [6, 6.07) is 8.19. The summed E-state index contributed by atoms with van der Waals surface area (Å²) in [5, 5.41) is 13.3. The molecule has 1 fully saturated rings. The standard InChI is InChI=1S/C18H28N2O3/c1-15-4-3-5-16(12-15)6-7-17(21)19-13-18(2,22)14-20-8-10-23-11-9-20/h3-5,12,22H,6-11,13-14H2,1-2H3,(H,19,21). The molecule has 0 saturated carbocycles. The Labute approximate surface area is 138 Å². The first kappa shape index (κ1) is 17.9. The average Bonchev–Trinajstić information content (AvgIpc) is 2.52. The molecule has 0 radical (unpaired) electrons. The number of aryl methyl sites for hydroxylation is 2. The zero-order valence-electron chi connectivity index (χ0n) is 14.2. The fourth-order valence-electron chi connectivity index (χ4n) is 2.80. The van der Waals surface area contributed by atoms with Crippen LogP contribution in [0.2, 0.25) is 0 Å². The predicted octanol–water partition coefficient (Wildman–Crippen LogP) is 1.13. The molecule has 1 atom stereocenters. The van der Waals surface area contributed by atoms with E-state index >= 15 is 0 Å². The first-order chi connectivity index (χ1) is 10.9. The van der Waals surface area contributed by atoms with E-state index in [-0.39, 0.29) is 12.5 Å².